The van der Waals surface area contributed by atoms with E-state index in [1.807, 2.05) is 6.07 Å². The fourth-order valence-electron chi connectivity index (χ4n) is 1.52. The Bertz CT molecular complexity index is 363. The molecule has 0 radical (unpaired) electrons. The van der Waals surface area contributed by atoms with Gasteiger partial charge in [-0.15, -0.1) is 0 Å². The maximum atomic E-state index is 9.93. The fraction of sp³-hybridized carbons (Fsp3) is 0.400. The lowest BCUT2D eigenvalue weighted by molar-refractivity contribution is -0.0426. The van der Waals surface area contributed by atoms with Gasteiger partial charge in [-0.2, -0.15) is 5.26 Å². The Balaban J connectivity index is 2.36. The minimum Gasteiger partial charge on any atom is -0.384 e. The molecule has 2 rings (SSSR count). The van der Waals surface area contributed by atoms with Crippen LogP contribution in [0.4, 0.5) is 0 Å². The highest BCUT2D eigenvalue weighted by atomic mass is 16.3. The third-order valence-corrected chi connectivity index (χ3v) is 2.52. The van der Waals surface area contributed by atoms with E-state index in [0.29, 0.717) is 11.4 Å². The molecule has 0 spiro atoms. The van der Waals surface area contributed by atoms with Gasteiger partial charge < -0.3 is 5.11 Å². The van der Waals surface area contributed by atoms with Gasteiger partial charge in [-0.3, -0.25) is 0 Å². The van der Waals surface area contributed by atoms with Crippen LogP contribution >= 0.6 is 0 Å². The summed E-state index contributed by atoms with van der Waals surface area (Å²) in [6.45, 7) is 0. The molecule has 1 aromatic rings. The summed E-state index contributed by atoms with van der Waals surface area (Å²) < 4.78 is 0. The molecule has 1 aliphatic rings. The lowest BCUT2D eigenvalue weighted by Gasteiger charge is -2.35. The van der Waals surface area contributed by atoms with Crippen molar-refractivity contribution in [3.05, 3.63) is 29.6 Å². The molecule has 1 aromatic heterocycles. The molecule has 1 N–H and O–H groups in total. The second-order valence-electron chi connectivity index (χ2n) is 3.41. The first-order chi connectivity index (χ1) is 6.24. The van der Waals surface area contributed by atoms with Crippen molar-refractivity contribution in [3.63, 3.8) is 0 Å². The lowest BCUT2D eigenvalue weighted by Crippen LogP contribution is -2.34. The average molecular weight is 174 g/mol. The molecule has 66 valence electrons. The SMILES string of the molecule is N#Cc1cccc(C2(O)CCC2)n1. The summed E-state index contributed by atoms with van der Waals surface area (Å²) in [6, 6.07) is 7.15. The Morgan fingerprint density at radius 1 is 1.46 bits per heavy atom. The van der Waals surface area contributed by atoms with Crippen LogP contribution in [0.5, 0.6) is 0 Å². The molecule has 0 atom stereocenters. The molecule has 1 fully saturated rings. The molecule has 3 nitrogen and oxygen atoms in total. The molecule has 0 aliphatic heterocycles. The van der Waals surface area contributed by atoms with Crippen molar-refractivity contribution < 1.29 is 5.11 Å². The highest BCUT2D eigenvalue weighted by Gasteiger charge is 2.37. The average Bonchev–Trinajstić information content (AvgIpc) is 2.14. The van der Waals surface area contributed by atoms with Crippen molar-refractivity contribution in [1.82, 2.24) is 4.98 Å². The Morgan fingerprint density at radius 3 is 2.77 bits per heavy atom. The molecule has 1 heterocycles. The lowest BCUT2D eigenvalue weighted by atomic mass is 9.77. The van der Waals surface area contributed by atoms with Crippen molar-refractivity contribution >= 4 is 0 Å². The van der Waals surface area contributed by atoms with E-state index in [1.165, 1.54) is 0 Å². The maximum Gasteiger partial charge on any atom is 0.140 e. The summed E-state index contributed by atoms with van der Waals surface area (Å²) in [5.74, 6) is 0. The summed E-state index contributed by atoms with van der Waals surface area (Å²) >= 11 is 0. The molecule has 0 aromatic carbocycles. The van der Waals surface area contributed by atoms with E-state index < -0.39 is 5.60 Å². The summed E-state index contributed by atoms with van der Waals surface area (Å²) in [7, 11) is 0. The first-order valence-electron chi connectivity index (χ1n) is 4.35. The fourth-order valence-corrected chi connectivity index (χ4v) is 1.52. The smallest absolute Gasteiger partial charge is 0.140 e. The zero-order valence-electron chi connectivity index (χ0n) is 7.20. The van der Waals surface area contributed by atoms with Gasteiger partial charge in [0.05, 0.1) is 5.69 Å². The number of aromatic nitrogens is 1. The molecular formula is C10H10N2O. The topological polar surface area (TPSA) is 56.9 Å². The van der Waals surface area contributed by atoms with Crippen LogP contribution in [0.1, 0.15) is 30.7 Å². The van der Waals surface area contributed by atoms with E-state index in [1.54, 1.807) is 18.2 Å². The molecule has 0 saturated heterocycles. The molecule has 3 heteroatoms. The van der Waals surface area contributed by atoms with Gasteiger partial charge in [-0.1, -0.05) is 6.07 Å². The van der Waals surface area contributed by atoms with Crippen LogP contribution in [-0.2, 0) is 5.60 Å². The molecule has 0 unspecified atom stereocenters. The van der Waals surface area contributed by atoms with Crippen LogP contribution in [0.3, 0.4) is 0 Å². The summed E-state index contributed by atoms with van der Waals surface area (Å²) in [5, 5.41) is 18.6. The predicted molar refractivity (Wildman–Crippen MR) is 46.7 cm³/mol. The molecule has 0 bridgehead atoms. The molecular weight excluding hydrogens is 164 g/mol. The van der Waals surface area contributed by atoms with E-state index in [-0.39, 0.29) is 0 Å². The number of hydrogen-bond acceptors (Lipinski definition) is 3. The van der Waals surface area contributed by atoms with Crippen LogP contribution < -0.4 is 0 Å². The number of aliphatic hydroxyl groups is 1. The van der Waals surface area contributed by atoms with Gasteiger partial charge in [0, 0.05) is 0 Å². The number of nitrogens with zero attached hydrogens (tertiary/aromatic N) is 2. The third-order valence-electron chi connectivity index (χ3n) is 2.52. The zero-order valence-corrected chi connectivity index (χ0v) is 7.20. The molecule has 13 heavy (non-hydrogen) atoms. The normalized spacial score (nSPS) is 18.8. The Morgan fingerprint density at radius 2 is 2.23 bits per heavy atom. The van der Waals surface area contributed by atoms with Gasteiger partial charge in [0.1, 0.15) is 17.4 Å². The highest BCUT2D eigenvalue weighted by Crippen LogP contribution is 2.39. The standard InChI is InChI=1S/C10H10N2O/c11-7-8-3-1-4-9(12-8)10(13)5-2-6-10/h1,3-4,13H,2,5-6H2. The molecule has 1 aliphatic carbocycles. The minimum atomic E-state index is -0.757. The number of pyridine rings is 1. The van der Waals surface area contributed by atoms with Crippen LogP contribution in [0.15, 0.2) is 18.2 Å². The second kappa shape index (κ2) is 2.82. The van der Waals surface area contributed by atoms with E-state index in [9.17, 15) is 5.11 Å². The minimum absolute atomic E-state index is 0.373. The van der Waals surface area contributed by atoms with Gasteiger partial charge >= 0.3 is 0 Å². The van der Waals surface area contributed by atoms with E-state index in [4.69, 9.17) is 5.26 Å². The van der Waals surface area contributed by atoms with E-state index in [2.05, 4.69) is 4.98 Å². The summed E-state index contributed by atoms with van der Waals surface area (Å²) in [4.78, 5) is 4.07. The third kappa shape index (κ3) is 1.30. The van der Waals surface area contributed by atoms with E-state index in [0.717, 1.165) is 19.3 Å². The first kappa shape index (κ1) is 8.21. The number of nitriles is 1. The maximum absolute atomic E-state index is 9.93. The highest BCUT2D eigenvalue weighted by molar-refractivity contribution is 5.25. The van der Waals surface area contributed by atoms with Gasteiger partial charge in [0.25, 0.3) is 0 Å². The number of rotatable bonds is 1. The summed E-state index contributed by atoms with van der Waals surface area (Å²) in [5.41, 5.74) is 0.253. The second-order valence-corrected chi connectivity index (χ2v) is 3.41. The van der Waals surface area contributed by atoms with Crippen LogP contribution in [0, 0.1) is 11.3 Å². The molecule has 0 amide bonds. The number of hydrogen-bond donors (Lipinski definition) is 1. The summed E-state index contributed by atoms with van der Waals surface area (Å²) in [6.07, 6.45) is 2.55. The first-order valence-corrected chi connectivity index (χ1v) is 4.35. The van der Waals surface area contributed by atoms with Crippen molar-refractivity contribution in [1.29, 1.82) is 5.26 Å². The van der Waals surface area contributed by atoms with Crippen LogP contribution in [0.25, 0.3) is 0 Å². The monoisotopic (exact) mass is 174 g/mol. The van der Waals surface area contributed by atoms with Crippen LogP contribution in [-0.4, -0.2) is 10.1 Å². The quantitative estimate of drug-likeness (QED) is 0.698. The predicted octanol–water partition coefficient (Wildman–Crippen LogP) is 1.32. The van der Waals surface area contributed by atoms with E-state index >= 15 is 0 Å². The largest absolute Gasteiger partial charge is 0.384 e. The zero-order chi connectivity index (χ0) is 9.31. The van der Waals surface area contributed by atoms with Crippen LogP contribution in [0.2, 0.25) is 0 Å². The Kier molecular flexibility index (Phi) is 1.78. The van der Waals surface area contributed by atoms with Crippen molar-refractivity contribution in [3.8, 4) is 6.07 Å². The van der Waals surface area contributed by atoms with Gasteiger partial charge in [0.15, 0.2) is 0 Å². The van der Waals surface area contributed by atoms with Crippen molar-refractivity contribution in [2.45, 2.75) is 24.9 Å². The Labute approximate surface area is 76.7 Å². The van der Waals surface area contributed by atoms with Gasteiger partial charge in [0.2, 0.25) is 0 Å². The van der Waals surface area contributed by atoms with Crippen molar-refractivity contribution in [2.75, 3.05) is 0 Å². The molecule has 1 saturated carbocycles. The van der Waals surface area contributed by atoms with Crippen molar-refractivity contribution in [2.24, 2.45) is 0 Å². The Hall–Kier alpha value is -1.40. The van der Waals surface area contributed by atoms with Gasteiger partial charge in [-0.05, 0) is 31.4 Å². The van der Waals surface area contributed by atoms with Gasteiger partial charge in [-0.25, -0.2) is 4.98 Å².